The van der Waals surface area contributed by atoms with Crippen molar-refractivity contribution in [1.82, 2.24) is 4.90 Å². The number of thioether (sulfide) groups is 1. The fraction of sp³-hybridized carbons (Fsp3) is 0.348. The van der Waals surface area contributed by atoms with Crippen LogP contribution in [0.2, 0.25) is 5.02 Å². The molecular weight excluding hydrogens is 416 g/mol. The van der Waals surface area contributed by atoms with E-state index in [4.69, 9.17) is 21.6 Å². The third-order valence-electron chi connectivity index (χ3n) is 5.39. The first kappa shape index (κ1) is 21.1. The van der Waals surface area contributed by atoms with Crippen LogP contribution in [0.3, 0.4) is 0 Å². The first-order valence-corrected chi connectivity index (χ1v) is 11.4. The molecule has 1 fully saturated rings. The Labute approximate surface area is 186 Å². The Morgan fingerprint density at radius 2 is 1.90 bits per heavy atom. The molecule has 2 aliphatic heterocycles. The molecule has 2 aromatic carbocycles. The summed E-state index contributed by atoms with van der Waals surface area (Å²) >= 11 is 7.46. The molecule has 0 atom stereocenters. The van der Waals surface area contributed by atoms with Crippen LogP contribution in [0.5, 0.6) is 0 Å². The molecule has 156 valence electrons. The summed E-state index contributed by atoms with van der Waals surface area (Å²) in [7, 11) is 2.13. The van der Waals surface area contributed by atoms with Crippen molar-refractivity contribution in [3.63, 3.8) is 0 Å². The van der Waals surface area contributed by atoms with Gasteiger partial charge in [-0.15, -0.1) is 0 Å². The Bertz CT molecular complexity index is 995. The highest BCUT2D eigenvalue weighted by Gasteiger charge is 2.39. The van der Waals surface area contributed by atoms with Crippen LogP contribution >= 0.6 is 23.4 Å². The van der Waals surface area contributed by atoms with E-state index in [1.165, 1.54) is 17.3 Å². The average Bonchev–Trinajstić information content (AvgIpc) is 3.08. The molecular formula is C23H25ClN4OS. The molecule has 2 aromatic rings. The summed E-state index contributed by atoms with van der Waals surface area (Å²) in [6.45, 7) is 4.02. The van der Waals surface area contributed by atoms with E-state index in [0.717, 1.165) is 42.3 Å². The van der Waals surface area contributed by atoms with Crippen LogP contribution in [0.15, 0.2) is 58.5 Å². The van der Waals surface area contributed by atoms with Gasteiger partial charge in [0.15, 0.2) is 5.66 Å². The number of anilines is 1. The van der Waals surface area contributed by atoms with Crippen molar-refractivity contribution in [2.75, 3.05) is 31.2 Å². The second kappa shape index (κ2) is 8.92. The zero-order valence-corrected chi connectivity index (χ0v) is 18.8. The Balaban J connectivity index is 1.51. The van der Waals surface area contributed by atoms with Gasteiger partial charge in [-0.05, 0) is 32.2 Å². The van der Waals surface area contributed by atoms with Gasteiger partial charge in [-0.3, -0.25) is 9.79 Å². The lowest BCUT2D eigenvalue weighted by Gasteiger charge is -2.33. The van der Waals surface area contributed by atoms with Crippen molar-refractivity contribution in [2.45, 2.75) is 25.4 Å². The zero-order valence-electron chi connectivity index (χ0n) is 17.2. The molecule has 4 rings (SSSR count). The van der Waals surface area contributed by atoms with E-state index in [9.17, 15) is 4.79 Å². The Morgan fingerprint density at radius 3 is 2.60 bits per heavy atom. The molecule has 0 aliphatic carbocycles. The van der Waals surface area contributed by atoms with Gasteiger partial charge in [0.2, 0.25) is 5.91 Å². The van der Waals surface area contributed by atoms with E-state index in [2.05, 4.69) is 48.5 Å². The third kappa shape index (κ3) is 4.94. The molecule has 2 aliphatic rings. The van der Waals surface area contributed by atoms with Crippen LogP contribution in [0.1, 0.15) is 24.0 Å². The molecule has 1 amide bonds. The van der Waals surface area contributed by atoms with Gasteiger partial charge >= 0.3 is 0 Å². The fourth-order valence-electron chi connectivity index (χ4n) is 3.62. The average molecular weight is 441 g/mol. The van der Waals surface area contributed by atoms with Gasteiger partial charge in [-0.1, -0.05) is 59.3 Å². The summed E-state index contributed by atoms with van der Waals surface area (Å²) in [4.78, 5) is 24.9. The van der Waals surface area contributed by atoms with E-state index >= 15 is 0 Å². The maximum absolute atomic E-state index is 12.5. The Hall–Kier alpha value is -2.15. The number of piperidine rings is 1. The van der Waals surface area contributed by atoms with Gasteiger partial charge in [0.05, 0.1) is 11.5 Å². The number of hydrogen-bond acceptors (Lipinski definition) is 5. The number of nitrogens with zero attached hydrogens (tertiary/aromatic N) is 3. The molecule has 0 saturated carbocycles. The highest BCUT2D eigenvalue weighted by Crippen LogP contribution is 2.35. The van der Waals surface area contributed by atoms with E-state index < -0.39 is 5.66 Å². The van der Waals surface area contributed by atoms with Gasteiger partial charge in [0.1, 0.15) is 5.04 Å². The lowest BCUT2D eigenvalue weighted by atomic mass is 9.99. The van der Waals surface area contributed by atoms with Crippen LogP contribution in [0, 0.1) is 6.92 Å². The van der Waals surface area contributed by atoms with Crippen LogP contribution in [-0.2, 0) is 4.79 Å². The largest absolute Gasteiger partial charge is 0.325 e. The van der Waals surface area contributed by atoms with E-state index in [-0.39, 0.29) is 11.7 Å². The van der Waals surface area contributed by atoms with E-state index in [1.807, 2.05) is 12.1 Å². The first-order chi connectivity index (χ1) is 14.4. The number of halogens is 1. The molecule has 0 bridgehead atoms. The third-order valence-corrected chi connectivity index (χ3v) is 6.59. The SMILES string of the molecule is Cc1ccc(C2=NC3(CCN(C)CC3)N=C2SCC(=O)Nc2cccc(Cl)c2)cc1. The van der Waals surface area contributed by atoms with Crippen molar-refractivity contribution < 1.29 is 4.79 Å². The molecule has 7 heteroatoms. The molecule has 0 radical (unpaired) electrons. The van der Waals surface area contributed by atoms with Gasteiger partial charge in [0.25, 0.3) is 0 Å². The smallest absolute Gasteiger partial charge is 0.234 e. The molecule has 1 spiro atoms. The number of amides is 1. The van der Waals surface area contributed by atoms with Crippen LogP contribution in [-0.4, -0.2) is 53.1 Å². The highest BCUT2D eigenvalue weighted by atomic mass is 35.5. The number of aryl methyl sites for hydroxylation is 1. The summed E-state index contributed by atoms with van der Waals surface area (Å²) < 4.78 is 0. The zero-order chi connectivity index (χ0) is 21.1. The second-order valence-electron chi connectivity index (χ2n) is 7.88. The summed E-state index contributed by atoms with van der Waals surface area (Å²) in [5.41, 5.74) is 3.47. The quantitative estimate of drug-likeness (QED) is 0.753. The molecule has 0 unspecified atom stereocenters. The summed E-state index contributed by atoms with van der Waals surface area (Å²) in [5, 5.41) is 4.35. The van der Waals surface area contributed by atoms with Gasteiger partial charge in [-0.25, -0.2) is 4.99 Å². The molecule has 1 N–H and O–H groups in total. The topological polar surface area (TPSA) is 57.1 Å². The fourth-order valence-corrected chi connectivity index (χ4v) is 4.69. The van der Waals surface area contributed by atoms with Gasteiger partial charge in [0, 0.05) is 42.2 Å². The van der Waals surface area contributed by atoms with Crippen molar-refractivity contribution in [3.05, 3.63) is 64.7 Å². The number of carbonyl (C=O) groups excluding carboxylic acids is 1. The number of rotatable bonds is 4. The molecule has 30 heavy (non-hydrogen) atoms. The predicted octanol–water partition coefficient (Wildman–Crippen LogP) is 4.64. The normalized spacial score (nSPS) is 18.2. The summed E-state index contributed by atoms with van der Waals surface area (Å²) in [6.07, 6.45) is 1.80. The Kier molecular flexibility index (Phi) is 6.27. The summed E-state index contributed by atoms with van der Waals surface area (Å²) in [6, 6.07) is 15.5. The predicted molar refractivity (Wildman–Crippen MR) is 127 cm³/mol. The maximum atomic E-state index is 12.5. The van der Waals surface area contributed by atoms with Crippen molar-refractivity contribution in [1.29, 1.82) is 0 Å². The van der Waals surface area contributed by atoms with Crippen molar-refractivity contribution in [2.24, 2.45) is 9.98 Å². The first-order valence-electron chi connectivity index (χ1n) is 10.1. The lowest BCUT2D eigenvalue weighted by Crippen LogP contribution is -2.39. The minimum atomic E-state index is -0.390. The van der Waals surface area contributed by atoms with E-state index in [0.29, 0.717) is 10.7 Å². The Morgan fingerprint density at radius 1 is 1.17 bits per heavy atom. The molecule has 2 heterocycles. The standard InChI is InChI=1S/C23H25ClN4OS/c1-16-6-8-17(9-7-16)21-22(27-23(26-21)10-12-28(2)13-11-23)30-15-20(29)25-19-5-3-4-18(24)14-19/h3-9,14H,10-13,15H2,1-2H3,(H,25,29). The molecule has 0 aromatic heterocycles. The molecule has 1 saturated heterocycles. The summed E-state index contributed by atoms with van der Waals surface area (Å²) in [5.74, 6) is 0.184. The highest BCUT2D eigenvalue weighted by molar-refractivity contribution is 8.16. The minimum Gasteiger partial charge on any atom is -0.325 e. The number of likely N-dealkylation sites (tertiary alicyclic amines) is 1. The van der Waals surface area contributed by atoms with Crippen molar-refractivity contribution in [3.8, 4) is 0 Å². The number of hydrogen-bond donors (Lipinski definition) is 1. The van der Waals surface area contributed by atoms with Crippen LogP contribution < -0.4 is 5.32 Å². The van der Waals surface area contributed by atoms with Crippen LogP contribution in [0.4, 0.5) is 5.69 Å². The minimum absolute atomic E-state index is 0.0856. The molecule has 5 nitrogen and oxygen atoms in total. The number of nitrogens with one attached hydrogen (secondary N) is 1. The monoisotopic (exact) mass is 440 g/mol. The number of benzene rings is 2. The van der Waals surface area contributed by atoms with Gasteiger partial charge < -0.3 is 10.2 Å². The maximum Gasteiger partial charge on any atom is 0.234 e. The van der Waals surface area contributed by atoms with Crippen LogP contribution in [0.25, 0.3) is 0 Å². The number of carbonyl (C=O) groups is 1. The second-order valence-corrected chi connectivity index (χ2v) is 9.28. The number of aliphatic imine (C=N–C) groups is 2. The lowest BCUT2D eigenvalue weighted by molar-refractivity contribution is -0.113. The van der Waals surface area contributed by atoms with Gasteiger partial charge in [-0.2, -0.15) is 0 Å². The van der Waals surface area contributed by atoms with E-state index in [1.54, 1.807) is 12.1 Å². The van der Waals surface area contributed by atoms with Crippen molar-refractivity contribution >= 4 is 45.7 Å².